The fourth-order valence-electron chi connectivity index (χ4n) is 5.27. The van der Waals surface area contributed by atoms with Crippen LogP contribution in [0.3, 0.4) is 0 Å². The molecule has 4 nitrogen and oxygen atoms in total. The van der Waals surface area contributed by atoms with Crippen molar-refractivity contribution in [2.24, 2.45) is 11.8 Å². The molecular weight excluding hydrogens is 336 g/mol. The van der Waals surface area contributed by atoms with Gasteiger partial charge in [-0.2, -0.15) is 0 Å². The Bertz CT molecular complexity index is 768. The van der Waals surface area contributed by atoms with Gasteiger partial charge in [0.1, 0.15) is 5.75 Å². The summed E-state index contributed by atoms with van der Waals surface area (Å²) >= 11 is 0. The van der Waals surface area contributed by atoms with Gasteiger partial charge in [-0.25, -0.2) is 0 Å². The van der Waals surface area contributed by atoms with Gasteiger partial charge in [0.25, 0.3) is 0 Å². The van der Waals surface area contributed by atoms with E-state index in [0.717, 1.165) is 51.0 Å². The van der Waals surface area contributed by atoms with Gasteiger partial charge in [-0.1, -0.05) is 29.3 Å². The molecule has 2 heterocycles. The van der Waals surface area contributed by atoms with Gasteiger partial charge in [-0.15, -0.1) is 0 Å². The van der Waals surface area contributed by atoms with Crippen LogP contribution in [0.15, 0.2) is 36.5 Å². The Morgan fingerprint density at radius 2 is 1.74 bits per heavy atom. The molecule has 27 heavy (non-hydrogen) atoms. The normalized spacial score (nSPS) is 27.8. The lowest BCUT2D eigenvalue weighted by Gasteiger charge is -2.26. The average Bonchev–Trinajstić information content (AvgIpc) is 3.07. The largest absolute Gasteiger partial charge is 0.506 e. The molecule has 1 saturated carbocycles. The summed E-state index contributed by atoms with van der Waals surface area (Å²) in [6.45, 7) is 7.42. The third kappa shape index (κ3) is 4.33. The minimum Gasteiger partial charge on any atom is -0.506 e. The lowest BCUT2D eigenvalue weighted by molar-refractivity contribution is 0.0355. The summed E-state index contributed by atoms with van der Waals surface area (Å²) in [6.07, 6.45) is 5.03. The standard InChI is InChI=1S/C23H30N2O2/c1-16-7-17(2)9-18(8-16)10-23(27)11-19-14-25(15-20(19)12-23)6-5-21-3-4-22(26)13-24-21/h3-4,7-9,13,19-20,26-27H,5-6,10-12,14-15H2,1-2H3/t19-,20+,23-. The van der Waals surface area contributed by atoms with Crippen LogP contribution in [0.4, 0.5) is 0 Å². The van der Waals surface area contributed by atoms with E-state index < -0.39 is 5.60 Å². The van der Waals surface area contributed by atoms with E-state index in [2.05, 4.69) is 41.9 Å². The van der Waals surface area contributed by atoms with Crippen molar-refractivity contribution in [3.63, 3.8) is 0 Å². The van der Waals surface area contributed by atoms with Crippen LogP contribution in [0.5, 0.6) is 5.75 Å². The highest BCUT2D eigenvalue weighted by molar-refractivity contribution is 5.30. The Labute approximate surface area is 161 Å². The van der Waals surface area contributed by atoms with Crippen molar-refractivity contribution in [3.8, 4) is 5.75 Å². The lowest BCUT2D eigenvalue weighted by Crippen LogP contribution is -2.32. The molecule has 2 N–H and O–H groups in total. The van der Waals surface area contributed by atoms with Gasteiger partial charge in [0.15, 0.2) is 0 Å². The molecule has 0 bridgehead atoms. The summed E-state index contributed by atoms with van der Waals surface area (Å²) in [7, 11) is 0. The van der Waals surface area contributed by atoms with Crippen molar-refractivity contribution < 1.29 is 10.2 Å². The smallest absolute Gasteiger partial charge is 0.133 e. The molecule has 1 aliphatic carbocycles. The second-order valence-corrected chi connectivity index (χ2v) is 8.84. The Morgan fingerprint density at radius 3 is 2.33 bits per heavy atom. The van der Waals surface area contributed by atoms with Gasteiger partial charge in [0, 0.05) is 38.2 Å². The molecule has 1 aromatic carbocycles. The van der Waals surface area contributed by atoms with E-state index in [1.54, 1.807) is 6.07 Å². The maximum Gasteiger partial charge on any atom is 0.133 e. The van der Waals surface area contributed by atoms with Crippen molar-refractivity contribution >= 4 is 0 Å². The second-order valence-electron chi connectivity index (χ2n) is 8.84. The molecular formula is C23H30N2O2. The Balaban J connectivity index is 1.31. The zero-order valence-corrected chi connectivity index (χ0v) is 16.4. The summed E-state index contributed by atoms with van der Waals surface area (Å²) in [4.78, 5) is 6.79. The number of hydrogen-bond acceptors (Lipinski definition) is 4. The number of likely N-dealkylation sites (tertiary alicyclic amines) is 1. The number of nitrogens with zero attached hydrogens (tertiary/aromatic N) is 2. The van der Waals surface area contributed by atoms with Crippen LogP contribution in [0.1, 0.15) is 35.2 Å². The third-order valence-electron chi connectivity index (χ3n) is 6.24. The number of pyridine rings is 1. The second kappa shape index (κ2) is 7.25. The van der Waals surface area contributed by atoms with Gasteiger partial charge < -0.3 is 15.1 Å². The number of aryl methyl sites for hydroxylation is 2. The Kier molecular flexibility index (Phi) is 4.95. The number of aromatic nitrogens is 1. The van der Waals surface area contributed by atoms with E-state index in [4.69, 9.17) is 0 Å². The molecule has 3 atom stereocenters. The van der Waals surface area contributed by atoms with Crippen LogP contribution in [-0.4, -0.2) is 45.3 Å². The molecule has 0 amide bonds. The van der Waals surface area contributed by atoms with E-state index >= 15 is 0 Å². The predicted molar refractivity (Wildman–Crippen MR) is 107 cm³/mol. The first kappa shape index (κ1) is 18.5. The highest BCUT2D eigenvalue weighted by Crippen LogP contribution is 2.45. The zero-order chi connectivity index (χ0) is 19.0. The molecule has 0 radical (unpaired) electrons. The van der Waals surface area contributed by atoms with Crippen molar-refractivity contribution in [1.29, 1.82) is 0 Å². The molecule has 0 spiro atoms. The highest BCUT2D eigenvalue weighted by atomic mass is 16.3. The fourth-order valence-corrected chi connectivity index (χ4v) is 5.27. The molecule has 144 valence electrons. The lowest BCUT2D eigenvalue weighted by atomic mass is 9.90. The number of benzene rings is 1. The van der Waals surface area contributed by atoms with Gasteiger partial charge in [-0.05, 0) is 56.2 Å². The van der Waals surface area contributed by atoms with Gasteiger partial charge in [-0.3, -0.25) is 4.98 Å². The van der Waals surface area contributed by atoms with Crippen LogP contribution in [-0.2, 0) is 12.8 Å². The monoisotopic (exact) mass is 366 g/mol. The summed E-state index contributed by atoms with van der Waals surface area (Å²) in [5.41, 5.74) is 4.31. The first-order valence-corrected chi connectivity index (χ1v) is 10.0. The van der Waals surface area contributed by atoms with E-state index in [9.17, 15) is 10.2 Å². The van der Waals surface area contributed by atoms with Gasteiger partial charge in [0.05, 0.1) is 11.8 Å². The highest BCUT2D eigenvalue weighted by Gasteiger charge is 2.47. The maximum absolute atomic E-state index is 11.2. The number of aromatic hydroxyl groups is 1. The van der Waals surface area contributed by atoms with Crippen LogP contribution in [0.2, 0.25) is 0 Å². The maximum atomic E-state index is 11.2. The van der Waals surface area contributed by atoms with E-state index in [-0.39, 0.29) is 5.75 Å². The predicted octanol–water partition coefficient (Wildman–Crippen LogP) is 3.26. The minimum atomic E-state index is -0.541. The molecule has 2 fully saturated rings. The van der Waals surface area contributed by atoms with Crippen molar-refractivity contribution in [2.75, 3.05) is 19.6 Å². The summed E-state index contributed by atoms with van der Waals surface area (Å²) in [5.74, 6) is 1.43. The van der Waals surface area contributed by atoms with Crippen molar-refractivity contribution in [2.45, 2.75) is 45.1 Å². The molecule has 1 aliphatic heterocycles. The molecule has 2 aromatic rings. The van der Waals surface area contributed by atoms with Gasteiger partial charge in [0.2, 0.25) is 0 Å². The van der Waals surface area contributed by atoms with Crippen LogP contribution in [0.25, 0.3) is 0 Å². The Morgan fingerprint density at radius 1 is 1.07 bits per heavy atom. The number of aliphatic hydroxyl groups is 1. The Hall–Kier alpha value is -1.91. The molecule has 1 aromatic heterocycles. The van der Waals surface area contributed by atoms with E-state index in [1.165, 1.54) is 22.9 Å². The summed E-state index contributed by atoms with van der Waals surface area (Å²) in [5, 5.41) is 20.5. The molecule has 0 unspecified atom stereocenters. The fraction of sp³-hybridized carbons (Fsp3) is 0.522. The molecule has 4 heteroatoms. The molecule has 2 aliphatic rings. The first-order chi connectivity index (χ1) is 12.9. The zero-order valence-electron chi connectivity index (χ0n) is 16.4. The topological polar surface area (TPSA) is 56.6 Å². The minimum absolute atomic E-state index is 0.220. The van der Waals surface area contributed by atoms with Crippen LogP contribution in [0, 0.1) is 25.7 Å². The van der Waals surface area contributed by atoms with Crippen molar-refractivity contribution in [3.05, 3.63) is 58.9 Å². The van der Waals surface area contributed by atoms with Crippen LogP contribution < -0.4 is 0 Å². The molecule has 4 rings (SSSR count). The number of hydrogen-bond donors (Lipinski definition) is 2. The first-order valence-electron chi connectivity index (χ1n) is 10.0. The van der Waals surface area contributed by atoms with Gasteiger partial charge >= 0.3 is 0 Å². The van der Waals surface area contributed by atoms with E-state index in [0.29, 0.717) is 11.8 Å². The number of rotatable bonds is 5. The summed E-state index contributed by atoms with van der Waals surface area (Å²) < 4.78 is 0. The number of fused-ring (bicyclic) bond motifs is 1. The van der Waals surface area contributed by atoms with Crippen LogP contribution >= 0.6 is 0 Å². The summed E-state index contributed by atoms with van der Waals surface area (Å²) in [6, 6.07) is 10.2. The SMILES string of the molecule is Cc1cc(C)cc(C[C@]2(O)C[C@H]3CN(CCc4ccc(O)cn4)C[C@H]3C2)c1. The molecule has 1 saturated heterocycles. The quantitative estimate of drug-likeness (QED) is 0.853. The average molecular weight is 367 g/mol. The van der Waals surface area contributed by atoms with E-state index in [1.807, 2.05) is 6.07 Å². The van der Waals surface area contributed by atoms with Crippen molar-refractivity contribution in [1.82, 2.24) is 9.88 Å². The third-order valence-corrected chi connectivity index (χ3v) is 6.24.